The number of nitrogens with zero attached hydrogens (tertiary/aromatic N) is 2. The van der Waals surface area contributed by atoms with Crippen molar-refractivity contribution in [1.29, 1.82) is 0 Å². The van der Waals surface area contributed by atoms with Crippen LogP contribution in [-0.2, 0) is 4.74 Å². The predicted molar refractivity (Wildman–Crippen MR) is 59.8 cm³/mol. The minimum atomic E-state index is -1.30. The maximum absolute atomic E-state index is 9.63. The van der Waals surface area contributed by atoms with Crippen LogP contribution in [0.1, 0.15) is 0 Å². The number of anilines is 1. The van der Waals surface area contributed by atoms with Gasteiger partial charge in [0, 0.05) is 6.07 Å². The van der Waals surface area contributed by atoms with Crippen molar-refractivity contribution < 1.29 is 24.8 Å². The number of halogens is 1. The molecule has 9 heteroatoms. The Kier molecular flexibility index (Phi) is 3.83. The summed E-state index contributed by atoms with van der Waals surface area (Å²) in [6.07, 6.45) is -4.62. The molecule has 2 heterocycles. The van der Waals surface area contributed by atoms with Gasteiger partial charge in [-0.15, -0.1) is 10.2 Å². The standard InChI is InChI=1S/C9H12ClN3O5/c10-8-3(11)1-5(12-13-8)18-9-7(16)6(15)4(2-14)17-9/h1,4,6-7,9,14-16H,2H2,(H2,11,12)/t4-,6-,7-,9-/m1/s1. The Hall–Kier alpha value is -1.19. The van der Waals surface area contributed by atoms with Crippen LogP contribution in [0, 0.1) is 0 Å². The van der Waals surface area contributed by atoms with Crippen molar-refractivity contribution in [3.8, 4) is 5.88 Å². The number of aromatic nitrogens is 2. The fourth-order valence-corrected chi connectivity index (χ4v) is 1.60. The lowest BCUT2D eigenvalue weighted by atomic mass is 10.1. The molecule has 4 atom stereocenters. The molecule has 0 aliphatic carbocycles. The van der Waals surface area contributed by atoms with Gasteiger partial charge in [0.25, 0.3) is 0 Å². The minimum Gasteiger partial charge on any atom is -0.444 e. The van der Waals surface area contributed by atoms with Crippen molar-refractivity contribution in [2.24, 2.45) is 0 Å². The molecular weight excluding hydrogens is 266 g/mol. The number of aliphatic hydroxyl groups excluding tert-OH is 3. The van der Waals surface area contributed by atoms with Gasteiger partial charge < -0.3 is 30.5 Å². The summed E-state index contributed by atoms with van der Waals surface area (Å²) in [6.45, 7) is -0.438. The molecule has 1 fully saturated rings. The lowest BCUT2D eigenvalue weighted by Crippen LogP contribution is -2.35. The van der Waals surface area contributed by atoms with Crippen LogP contribution in [0.15, 0.2) is 6.07 Å². The summed E-state index contributed by atoms with van der Waals surface area (Å²) < 4.78 is 10.3. The summed E-state index contributed by atoms with van der Waals surface area (Å²) in [5.74, 6) is -0.00765. The molecule has 0 aromatic carbocycles. The molecule has 18 heavy (non-hydrogen) atoms. The molecular formula is C9H12ClN3O5. The summed E-state index contributed by atoms with van der Waals surface area (Å²) in [5.41, 5.74) is 5.66. The highest BCUT2D eigenvalue weighted by atomic mass is 35.5. The highest BCUT2D eigenvalue weighted by molar-refractivity contribution is 6.31. The van der Waals surface area contributed by atoms with Gasteiger partial charge in [-0.3, -0.25) is 0 Å². The van der Waals surface area contributed by atoms with Crippen LogP contribution < -0.4 is 10.5 Å². The highest BCUT2D eigenvalue weighted by Gasteiger charge is 2.44. The molecule has 0 unspecified atom stereocenters. The monoisotopic (exact) mass is 277 g/mol. The third kappa shape index (κ3) is 2.47. The number of hydrogen-bond acceptors (Lipinski definition) is 8. The average molecular weight is 278 g/mol. The number of nitrogen functional groups attached to an aromatic ring is 1. The molecule has 1 saturated heterocycles. The first-order valence-electron chi connectivity index (χ1n) is 5.10. The number of rotatable bonds is 3. The van der Waals surface area contributed by atoms with Crippen molar-refractivity contribution in [1.82, 2.24) is 10.2 Å². The molecule has 0 spiro atoms. The second kappa shape index (κ2) is 5.21. The van der Waals surface area contributed by atoms with Crippen LogP contribution in [0.4, 0.5) is 5.69 Å². The van der Waals surface area contributed by atoms with Gasteiger partial charge in [0.15, 0.2) is 5.15 Å². The molecule has 8 nitrogen and oxygen atoms in total. The number of nitrogens with two attached hydrogens (primary N) is 1. The minimum absolute atomic E-state index is 0.00765. The molecule has 0 saturated carbocycles. The zero-order valence-corrected chi connectivity index (χ0v) is 9.86. The Bertz CT molecular complexity index is 435. The number of ether oxygens (including phenoxy) is 2. The Balaban J connectivity index is 2.07. The highest BCUT2D eigenvalue weighted by Crippen LogP contribution is 2.25. The van der Waals surface area contributed by atoms with Crippen molar-refractivity contribution in [3.05, 3.63) is 11.2 Å². The van der Waals surface area contributed by atoms with Gasteiger partial charge >= 0.3 is 0 Å². The first-order valence-corrected chi connectivity index (χ1v) is 5.48. The van der Waals surface area contributed by atoms with Crippen molar-refractivity contribution in [3.63, 3.8) is 0 Å². The molecule has 0 radical (unpaired) electrons. The lowest BCUT2D eigenvalue weighted by molar-refractivity contribution is -0.118. The molecule has 1 aromatic rings. The number of hydrogen-bond donors (Lipinski definition) is 4. The van der Waals surface area contributed by atoms with E-state index in [1.165, 1.54) is 6.07 Å². The second-order valence-electron chi connectivity index (χ2n) is 3.75. The third-order valence-electron chi connectivity index (χ3n) is 2.49. The van der Waals surface area contributed by atoms with Gasteiger partial charge in [-0.2, -0.15) is 0 Å². The first kappa shape index (κ1) is 13.2. The lowest BCUT2D eigenvalue weighted by Gasteiger charge is -2.15. The Labute approximate surface area is 107 Å². The van der Waals surface area contributed by atoms with Gasteiger partial charge in [0.05, 0.1) is 12.3 Å². The van der Waals surface area contributed by atoms with E-state index in [4.69, 9.17) is 31.9 Å². The van der Waals surface area contributed by atoms with E-state index in [2.05, 4.69) is 10.2 Å². The van der Waals surface area contributed by atoms with Crippen LogP contribution in [0.3, 0.4) is 0 Å². The van der Waals surface area contributed by atoms with Crippen molar-refractivity contribution in [2.45, 2.75) is 24.6 Å². The molecule has 0 amide bonds. The van der Waals surface area contributed by atoms with Crippen LogP contribution in [0.2, 0.25) is 5.15 Å². The third-order valence-corrected chi connectivity index (χ3v) is 2.78. The van der Waals surface area contributed by atoms with Crippen LogP contribution in [0.5, 0.6) is 5.88 Å². The maximum atomic E-state index is 9.63. The molecule has 0 bridgehead atoms. The molecule has 5 N–H and O–H groups in total. The van der Waals surface area contributed by atoms with Gasteiger partial charge in [0.1, 0.15) is 18.3 Å². The SMILES string of the molecule is Nc1cc(O[C@H]2O[C@H](CO)[C@@H](O)[C@H]2O)nnc1Cl. The summed E-state index contributed by atoms with van der Waals surface area (Å²) in [5, 5.41) is 35.2. The van der Waals surface area contributed by atoms with E-state index in [-0.39, 0.29) is 16.7 Å². The molecule has 1 aliphatic heterocycles. The second-order valence-corrected chi connectivity index (χ2v) is 4.11. The van der Waals surface area contributed by atoms with E-state index in [0.29, 0.717) is 0 Å². The van der Waals surface area contributed by atoms with Crippen molar-refractivity contribution >= 4 is 17.3 Å². The fraction of sp³-hybridized carbons (Fsp3) is 0.556. The van der Waals surface area contributed by atoms with Crippen molar-refractivity contribution in [2.75, 3.05) is 12.3 Å². The van der Waals surface area contributed by atoms with E-state index < -0.39 is 31.2 Å². The largest absolute Gasteiger partial charge is 0.444 e. The van der Waals surface area contributed by atoms with Gasteiger partial charge in [-0.05, 0) is 0 Å². The van der Waals surface area contributed by atoms with E-state index in [1.54, 1.807) is 0 Å². The molecule has 2 rings (SSSR count). The average Bonchev–Trinajstić information content (AvgIpc) is 2.62. The quantitative estimate of drug-likeness (QED) is 0.527. The molecule has 1 aliphatic rings. The Morgan fingerprint density at radius 3 is 2.67 bits per heavy atom. The normalized spacial score (nSPS) is 31.6. The maximum Gasteiger partial charge on any atom is 0.237 e. The van der Waals surface area contributed by atoms with Crippen LogP contribution in [-0.4, -0.2) is 56.7 Å². The van der Waals surface area contributed by atoms with Gasteiger partial charge in [0.2, 0.25) is 12.2 Å². The van der Waals surface area contributed by atoms with E-state index in [1.807, 2.05) is 0 Å². The van der Waals surface area contributed by atoms with Gasteiger partial charge in [-0.1, -0.05) is 11.6 Å². The Morgan fingerprint density at radius 1 is 1.39 bits per heavy atom. The Morgan fingerprint density at radius 2 is 2.11 bits per heavy atom. The van der Waals surface area contributed by atoms with E-state index in [0.717, 1.165) is 0 Å². The summed E-state index contributed by atoms with van der Waals surface area (Å²) in [7, 11) is 0. The molecule has 100 valence electrons. The van der Waals surface area contributed by atoms with E-state index in [9.17, 15) is 10.2 Å². The van der Waals surface area contributed by atoms with Crippen LogP contribution in [0.25, 0.3) is 0 Å². The summed E-state index contributed by atoms with van der Waals surface area (Å²) in [4.78, 5) is 0. The zero-order chi connectivity index (χ0) is 13.3. The van der Waals surface area contributed by atoms with Gasteiger partial charge in [-0.25, -0.2) is 0 Å². The fourth-order valence-electron chi connectivity index (χ4n) is 1.51. The summed E-state index contributed by atoms with van der Waals surface area (Å²) in [6, 6.07) is 1.31. The summed E-state index contributed by atoms with van der Waals surface area (Å²) >= 11 is 5.59. The topological polar surface area (TPSA) is 131 Å². The number of aliphatic hydroxyl groups is 3. The molecule has 1 aromatic heterocycles. The first-order chi connectivity index (χ1) is 8.52. The predicted octanol–water partition coefficient (Wildman–Crippen LogP) is -1.47. The zero-order valence-electron chi connectivity index (χ0n) is 9.10. The van der Waals surface area contributed by atoms with Crippen LogP contribution >= 0.6 is 11.6 Å². The smallest absolute Gasteiger partial charge is 0.237 e. The van der Waals surface area contributed by atoms with E-state index >= 15 is 0 Å².